The summed E-state index contributed by atoms with van der Waals surface area (Å²) in [5.41, 5.74) is 6.58. The maximum Gasteiger partial charge on any atom is 0.164 e. The van der Waals surface area contributed by atoms with Crippen LogP contribution < -0.4 is 0 Å². The molecule has 0 amide bonds. The third kappa shape index (κ3) is 4.12. The molecule has 0 bridgehead atoms. The first-order valence-corrected chi connectivity index (χ1v) is 13.5. The van der Waals surface area contributed by atoms with E-state index < -0.39 is 0 Å². The molecule has 8 rings (SSSR count). The van der Waals surface area contributed by atoms with Crippen molar-refractivity contribution in [2.45, 2.75) is 0 Å². The smallest absolute Gasteiger partial charge is 0.164 e. The van der Waals surface area contributed by atoms with Gasteiger partial charge in [-0.2, -0.15) is 0 Å². The number of furan rings is 1. The second-order valence-electron chi connectivity index (χ2n) is 9.96. The molecule has 0 N–H and O–H groups in total. The van der Waals surface area contributed by atoms with Crippen LogP contribution in [0.25, 0.3) is 78.0 Å². The van der Waals surface area contributed by atoms with Gasteiger partial charge in [0.1, 0.15) is 11.2 Å². The number of hydrogen-bond acceptors (Lipinski definition) is 5. The number of hydrogen-bond donors (Lipinski definition) is 0. The number of nitrogens with zero attached hydrogens (tertiary/aromatic N) is 4. The van der Waals surface area contributed by atoms with E-state index in [0.717, 1.165) is 49.6 Å². The summed E-state index contributed by atoms with van der Waals surface area (Å²) in [4.78, 5) is 19.4. The molecule has 0 saturated heterocycles. The molecule has 0 aliphatic rings. The standard InChI is InChI=1S/C36H22N4O/c1-2-7-23(8-3-1)25-13-16-26(17-14-25)34-38-35(28-18-15-24-9-4-5-10-27(24)21-28)40-36(39-34)29-11-6-12-32-33(29)30-22-37-20-19-31(30)41-32/h1-22H. The first kappa shape index (κ1) is 23.2. The highest BCUT2D eigenvalue weighted by Gasteiger charge is 2.18. The third-order valence-electron chi connectivity index (χ3n) is 7.43. The average molecular weight is 527 g/mol. The Morgan fingerprint density at radius 1 is 0.463 bits per heavy atom. The minimum Gasteiger partial charge on any atom is -0.456 e. The molecule has 0 unspecified atom stereocenters. The lowest BCUT2D eigenvalue weighted by Crippen LogP contribution is -2.00. The second-order valence-corrected chi connectivity index (χ2v) is 9.96. The zero-order valence-corrected chi connectivity index (χ0v) is 21.9. The highest BCUT2D eigenvalue weighted by molar-refractivity contribution is 6.11. The number of benzene rings is 5. The van der Waals surface area contributed by atoms with E-state index in [-0.39, 0.29) is 0 Å². The predicted molar refractivity (Wildman–Crippen MR) is 164 cm³/mol. The predicted octanol–water partition coefficient (Wildman–Crippen LogP) is 8.99. The van der Waals surface area contributed by atoms with Crippen molar-refractivity contribution in [1.82, 2.24) is 19.9 Å². The van der Waals surface area contributed by atoms with Crippen molar-refractivity contribution in [1.29, 1.82) is 0 Å². The summed E-state index contributed by atoms with van der Waals surface area (Å²) in [5.74, 6) is 1.81. The third-order valence-corrected chi connectivity index (χ3v) is 7.43. The lowest BCUT2D eigenvalue weighted by molar-refractivity contribution is 0.668. The quantitative estimate of drug-likeness (QED) is 0.229. The van der Waals surface area contributed by atoms with Crippen LogP contribution in [0.5, 0.6) is 0 Å². The molecule has 3 heterocycles. The summed E-state index contributed by atoms with van der Waals surface area (Å²) in [5, 5.41) is 4.18. The Hall–Kier alpha value is -5.68. The fourth-order valence-electron chi connectivity index (χ4n) is 5.38. The molecule has 0 aliphatic heterocycles. The van der Waals surface area contributed by atoms with Crippen LogP contribution in [0.2, 0.25) is 0 Å². The van der Waals surface area contributed by atoms with Gasteiger partial charge < -0.3 is 4.42 Å². The van der Waals surface area contributed by atoms with E-state index in [4.69, 9.17) is 19.4 Å². The highest BCUT2D eigenvalue weighted by atomic mass is 16.3. The van der Waals surface area contributed by atoms with Gasteiger partial charge in [-0.15, -0.1) is 0 Å². The van der Waals surface area contributed by atoms with Crippen molar-refractivity contribution in [2.24, 2.45) is 0 Å². The second kappa shape index (κ2) is 9.50. The number of rotatable bonds is 4. The van der Waals surface area contributed by atoms with Gasteiger partial charge in [0, 0.05) is 39.9 Å². The van der Waals surface area contributed by atoms with Crippen molar-refractivity contribution in [3.8, 4) is 45.3 Å². The molecule has 5 aromatic carbocycles. The van der Waals surface area contributed by atoms with E-state index in [1.807, 2.05) is 60.8 Å². The number of aromatic nitrogens is 4. The maximum absolute atomic E-state index is 6.14. The molecule has 41 heavy (non-hydrogen) atoms. The van der Waals surface area contributed by atoms with Crippen LogP contribution in [0.1, 0.15) is 0 Å². The Bertz CT molecular complexity index is 2200. The van der Waals surface area contributed by atoms with E-state index in [2.05, 4.69) is 71.7 Å². The van der Waals surface area contributed by atoms with E-state index >= 15 is 0 Å². The van der Waals surface area contributed by atoms with Gasteiger partial charge in [0.05, 0.1) is 0 Å². The molecular formula is C36H22N4O. The summed E-state index contributed by atoms with van der Waals surface area (Å²) in [6.45, 7) is 0. The van der Waals surface area contributed by atoms with Crippen molar-refractivity contribution < 1.29 is 4.42 Å². The van der Waals surface area contributed by atoms with Crippen molar-refractivity contribution >= 4 is 32.7 Å². The monoisotopic (exact) mass is 526 g/mol. The van der Waals surface area contributed by atoms with Gasteiger partial charge in [-0.25, -0.2) is 15.0 Å². The van der Waals surface area contributed by atoms with Gasteiger partial charge >= 0.3 is 0 Å². The van der Waals surface area contributed by atoms with Crippen molar-refractivity contribution in [3.63, 3.8) is 0 Å². The number of pyridine rings is 1. The molecule has 8 aromatic rings. The molecule has 0 spiro atoms. The van der Waals surface area contributed by atoms with Crippen LogP contribution >= 0.6 is 0 Å². The van der Waals surface area contributed by atoms with Crippen LogP contribution in [0.4, 0.5) is 0 Å². The van der Waals surface area contributed by atoms with Crippen LogP contribution in [-0.4, -0.2) is 19.9 Å². The minimum absolute atomic E-state index is 0.586. The van der Waals surface area contributed by atoms with Gasteiger partial charge in [-0.3, -0.25) is 4.98 Å². The van der Waals surface area contributed by atoms with E-state index in [1.165, 1.54) is 10.9 Å². The molecule has 192 valence electrons. The Labute approximate surface area is 235 Å². The molecule has 0 saturated carbocycles. The molecule has 3 aromatic heterocycles. The topological polar surface area (TPSA) is 64.7 Å². The molecule has 5 nitrogen and oxygen atoms in total. The van der Waals surface area contributed by atoms with E-state index in [9.17, 15) is 0 Å². The first-order valence-electron chi connectivity index (χ1n) is 13.5. The zero-order valence-electron chi connectivity index (χ0n) is 21.9. The van der Waals surface area contributed by atoms with Crippen molar-refractivity contribution in [3.05, 3.63) is 134 Å². The lowest BCUT2D eigenvalue weighted by atomic mass is 10.0. The van der Waals surface area contributed by atoms with Gasteiger partial charge in [-0.05, 0) is 40.1 Å². The first-order chi connectivity index (χ1) is 20.3. The summed E-state index contributed by atoms with van der Waals surface area (Å²) >= 11 is 0. The minimum atomic E-state index is 0.586. The fourth-order valence-corrected chi connectivity index (χ4v) is 5.38. The molecule has 5 heteroatoms. The Balaban J connectivity index is 1.34. The molecule has 0 aliphatic carbocycles. The largest absolute Gasteiger partial charge is 0.456 e. The Kier molecular flexibility index (Phi) is 5.38. The van der Waals surface area contributed by atoms with E-state index in [1.54, 1.807) is 6.20 Å². The normalized spacial score (nSPS) is 11.4. The van der Waals surface area contributed by atoms with Crippen LogP contribution in [0.15, 0.2) is 138 Å². The summed E-state index contributed by atoms with van der Waals surface area (Å²) in [6, 6.07) is 41.2. The highest BCUT2D eigenvalue weighted by Crippen LogP contribution is 2.36. The van der Waals surface area contributed by atoms with Gasteiger partial charge in [0.25, 0.3) is 0 Å². The maximum atomic E-state index is 6.14. The van der Waals surface area contributed by atoms with Crippen molar-refractivity contribution in [2.75, 3.05) is 0 Å². The zero-order chi connectivity index (χ0) is 27.2. The molecule has 0 radical (unpaired) electrons. The summed E-state index contributed by atoms with van der Waals surface area (Å²) in [7, 11) is 0. The van der Waals surface area contributed by atoms with Gasteiger partial charge in [0.15, 0.2) is 17.5 Å². The van der Waals surface area contributed by atoms with Crippen LogP contribution in [0, 0.1) is 0 Å². The summed E-state index contributed by atoms with van der Waals surface area (Å²) < 4.78 is 6.14. The van der Waals surface area contributed by atoms with E-state index in [0.29, 0.717) is 17.5 Å². The molecular weight excluding hydrogens is 504 g/mol. The molecule has 0 fully saturated rings. The van der Waals surface area contributed by atoms with Gasteiger partial charge in [0.2, 0.25) is 0 Å². The summed E-state index contributed by atoms with van der Waals surface area (Å²) in [6.07, 6.45) is 3.57. The Morgan fingerprint density at radius 2 is 1.15 bits per heavy atom. The van der Waals surface area contributed by atoms with Crippen LogP contribution in [0.3, 0.4) is 0 Å². The Morgan fingerprint density at radius 3 is 2.00 bits per heavy atom. The molecule has 0 atom stereocenters. The average Bonchev–Trinajstić information content (AvgIpc) is 3.44. The number of fused-ring (bicyclic) bond motifs is 4. The SMILES string of the molecule is c1ccc(-c2ccc(-c3nc(-c4ccc5ccccc5c4)nc(-c4cccc5oc6ccncc6c45)n3)cc2)cc1. The van der Waals surface area contributed by atoms with Gasteiger partial charge in [-0.1, -0.05) is 103 Å². The lowest BCUT2D eigenvalue weighted by Gasteiger charge is -2.10. The fraction of sp³-hybridized carbons (Fsp3) is 0. The van der Waals surface area contributed by atoms with Crippen LogP contribution in [-0.2, 0) is 0 Å².